The molecule has 9 heteroatoms. The van der Waals surface area contributed by atoms with Gasteiger partial charge in [-0.15, -0.1) is 0 Å². The lowest BCUT2D eigenvalue weighted by molar-refractivity contribution is -0.121. The summed E-state index contributed by atoms with van der Waals surface area (Å²) in [5.41, 5.74) is 1.80. The van der Waals surface area contributed by atoms with E-state index in [-0.39, 0.29) is 21.4 Å². The van der Waals surface area contributed by atoms with Gasteiger partial charge >= 0.3 is 5.97 Å². The number of hydrogen-bond donors (Lipinski definition) is 0. The van der Waals surface area contributed by atoms with E-state index in [2.05, 4.69) is 0 Å². The standard InChI is InChI=1S/C22H25ClN2O5S/c1-3-24(4-2)31(28,29)17-11-12-19(23)18(14-17)22(27)30-15-21(26)25-13-7-9-16-8-5-6-10-20(16)25/h5-6,8,10-12,14H,3-4,7,9,13,15H2,1-2H3. The summed E-state index contributed by atoms with van der Waals surface area (Å²) in [6, 6.07) is 11.5. The molecule has 1 amide bonds. The van der Waals surface area contributed by atoms with E-state index in [0.717, 1.165) is 24.1 Å². The van der Waals surface area contributed by atoms with E-state index < -0.39 is 22.6 Å². The third-order valence-corrected chi connectivity index (χ3v) is 7.61. The molecule has 0 saturated heterocycles. The second kappa shape index (κ2) is 9.80. The molecule has 0 saturated carbocycles. The Hall–Kier alpha value is -2.42. The van der Waals surface area contributed by atoms with Gasteiger partial charge in [-0.1, -0.05) is 43.6 Å². The highest BCUT2D eigenvalue weighted by Crippen LogP contribution is 2.27. The number of esters is 1. The molecule has 0 aromatic heterocycles. The summed E-state index contributed by atoms with van der Waals surface area (Å²) >= 11 is 6.11. The van der Waals surface area contributed by atoms with Crippen LogP contribution in [0.25, 0.3) is 0 Å². The molecule has 166 valence electrons. The third-order valence-electron chi connectivity index (χ3n) is 5.24. The summed E-state index contributed by atoms with van der Waals surface area (Å²) < 4.78 is 32.0. The molecule has 3 rings (SSSR count). The van der Waals surface area contributed by atoms with E-state index in [9.17, 15) is 18.0 Å². The number of ether oxygens (including phenoxy) is 1. The molecule has 0 unspecified atom stereocenters. The van der Waals surface area contributed by atoms with Crippen molar-refractivity contribution in [3.63, 3.8) is 0 Å². The molecule has 0 N–H and O–H groups in total. The number of nitrogens with zero attached hydrogens (tertiary/aromatic N) is 2. The number of hydrogen-bond acceptors (Lipinski definition) is 5. The van der Waals surface area contributed by atoms with Gasteiger partial charge in [0.05, 0.1) is 15.5 Å². The number of benzene rings is 2. The maximum atomic E-state index is 12.7. The largest absolute Gasteiger partial charge is 0.452 e. The van der Waals surface area contributed by atoms with Gasteiger partial charge in [-0.3, -0.25) is 4.79 Å². The van der Waals surface area contributed by atoms with Crippen molar-refractivity contribution >= 4 is 39.2 Å². The fraction of sp³-hybridized carbons (Fsp3) is 0.364. The minimum atomic E-state index is -3.76. The van der Waals surface area contributed by atoms with Gasteiger partial charge in [0.2, 0.25) is 10.0 Å². The second-order valence-corrected chi connectivity index (χ2v) is 9.43. The van der Waals surface area contributed by atoms with Crippen molar-refractivity contribution in [3.05, 3.63) is 58.6 Å². The Balaban J connectivity index is 1.75. The lowest BCUT2D eigenvalue weighted by Crippen LogP contribution is -2.38. The summed E-state index contributed by atoms with van der Waals surface area (Å²) in [6.45, 7) is 4.15. The maximum Gasteiger partial charge on any atom is 0.340 e. The minimum Gasteiger partial charge on any atom is -0.452 e. The van der Waals surface area contributed by atoms with E-state index in [1.54, 1.807) is 18.7 Å². The number of amides is 1. The van der Waals surface area contributed by atoms with Crippen molar-refractivity contribution in [3.8, 4) is 0 Å². The van der Waals surface area contributed by atoms with Crippen LogP contribution < -0.4 is 4.90 Å². The van der Waals surface area contributed by atoms with Crippen LogP contribution in [0.4, 0.5) is 5.69 Å². The molecule has 7 nitrogen and oxygen atoms in total. The number of carbonyl (C=O) groups excluding carboxylic acids is 2. The predicted molar refractivity (Wildman–Crippen MR) is 119 cm³/mol. The van der Waals surface area contributed by atoms with Crippen LogP contribution in [0, 0.1) is 0 Å². The third kappa shape index (κ3) is 4.92. The highest BCUT2D eigenvalue weighted by Gasteiger charge is 2.26. The van der Waals surface area contributed by atoms with Crippen molar-refractivity contribution in [1.29, 1.82) is 0 Å². The molecule has 0 fully saturated rings. The molecule has 1 heterocycles. The maximum absolute atomic E-state index is 12.7. The summed E-state index contributed by atoms with van der Waals surface area (Å²) in [4.78, 5) is 26.8. The molecule has 0 atom stereocenters. The van der Waals surface area contributed by atoms with Gasteiger partial charge in [-0.05, 0) is 42.7 Å². The molecule has 0 spiro atoms. The van der Waals surface area contributed by atoms with Gasteiger partial charge in [0.15, 0.2) is 6.61 Å². The van der Waals surface area contributed by atoms with Crippen LogP contribution in [-0.4, -0.2) is 50.8 Å². The number of anilines is 1. The lowest BCUT2D eigenvalue weighted by atomic mass is 10.0. The smallest absolute Gasteiger partial charge is 0.340 e. The quantitative estimate of drug-likeness (QED) is 0.585. The zero-order valence-electron chi connectivity index (χ0n) is 17.5. The SMILES string of the molecule is CCN(CC)S(=O)(=O)c1ccc(Cl)c(C(=O)OCC(=O)N2CCCc3ccccc32)c1. The molecule has 2 aromatic rings. The molecule has 0 aliphatic carbocycles. The van der Waals surface area contributed by atoms with Gasteiger partial charge in [0.1, 0.15) is 0 Å². The summed E-state index contributed by atoms with van der Waals surface area (Å²) in [5.74, 6) is -1.19. The van der Waals surface area contributed by atoms with Crippen LogP contribution in [0.3, 0.4) is 0 Å². The Bertz CT molecular complexity index is 1080. The molecule has 31 heavy (non-hydrogen) atoms. The fourth-order valence-corrected chi connectivity index (χ4v) is 5.29. The Labute approximate surface area is 187 Å². The van der Waals surface area contributed by atoms with Crippen LogP contribution in [0.15, 0.2) is 47.4 Å². The van der Waals surface area contributed by atoms with Gasteiger partial charge in [0, 0.05) is 25.3 Å². The van der Waals surface area contributed by atoms with Crippen LogP contribution in [0.2, 0.25) is 5.02 Å². The number of carbonyl (C=O) groups is 2. The summed E-state index contributed by atoms with van der Waals surface area (Å²) in [7, 11) is -3.76. The van der Waals surface area contributed by atoms with E-state index >= 15 is 0 Å². The Morgan fingerprint density at radius 3 is 2.55 bits per heavy atom. The highest BCUT2D eigenvalue weighted by atomic mass is 35.5. The first-order valence-corrected chi connectivity index (χ1v) is 12.0. The Kier molecular flexibility index (Phi) is 7.35. The molecule has 1 aliphatic rings. The van der Waals surface area contributed by atoms with Gasteiger partial charge in [-0.25, -0.2) is 13.2 Å². The molecule has 0 bridgehead atoms. The monoisotopic (exact) mass is 464 g/mol. The summed E-state index contributed by atoms with van der Waals surface area (Å²) in [6.07, 6.45) is 1.72. The highest BCUT2D eigenvalue weighted by molar-refractivity contribution is 7.89. The molecular formula is C22H25ClN2O5S. The van der Waals surface area contributed by atoms with Crippen molar-refractivity contribution in [2.45, 2.75) is 31.6 Å². The average molecular weight is 465 g/mol. The molecular weight excluding hydrogens is 440 g/mol. The number of aryl methyl sites for hydroxylation is 1. The first kappa shape index (κ1) is 23.2. The van der Waals surface area contributed by atoms with Gasteiger partial charge < -0.3 is 9.64 Å². The number of rotatable bonds is 7. The van der Waals surface area contributed by atoms with Gasteiger partial charge in [0.25, 0.3) is 5.91 Å². The molecule has 1 aliphatic heterocycles. The van der Waals surface area contributed by atoms with E-state index in [1.165, 1.54) is 22.5 Å². The number of sulfonamides is 1. The van der Waals surface area contributed by atoms with Crippen molar-refractivity contribution in [2.24, 2.45) is 0 Å². The van der Waals surface area contributed by atoms with Crippen LogP contribution in [0.5, 0.6) is 0 Å². The fourth-order valence-electron chi connectivity index (χ4n) is 3.61. The van der Waals surface area contributed by atoms with E-state index in [4.69, 9.17) is 16.3 Å². The molecule has 0 radical (unpaired) electrons. The van der Waals surface area contributed by atoms with Crippen molar-refractivity contribution < 1.29 is 22.7 Å². The first-order valence-electron chi connectivity index (χ1n) is 10.1. The number of halogens is 1. The van der Waals surface area contributed by atoms with Gasteiger partial charge in [-0.2, -0.15) is 4.31 Å². The van der Waals surface area contributed by atoms with Crippen LogP contribution in [0.1, 0.15) is 36.2 Å². The summed E-state index contributed by atoms with van der Waals surface area (Å²) in [5, 5.41) is 0.0549. The Morgan fingerprint density at radius 1 is 1.13 bits per heavy atom. The average Bonchev–Trinajstić information content (AvgIpc) is 2.77. The second-order valence-electron chi connectivity index (χ2n) is 7.08. The Morgan fingerprint density at radius 2 is 1.84 bits per heavy atom. The normalized spacial score (nSPS) is 13.7. The van der Waals surface area contributed by atoms with Crippen molar-refractivity contribution in [2.75, 3.05) is 31.1 Å². The van der Waals surface area contributed by atoms with E-state index in [0.29, 0.717) is 19.6 Å². The number of para-hydroxylation sites is 1. The number of fused-ring (bicyclic) bond motifs is 1. The van der Waals surface area contributed by atoms with Crippen LogP contribution in [-0.2, 0) is 26.0 Å². The van der Waals surface area contributed by atoms with E-state index in [1.807, 2.05) is 24.3 Å². The topological polar surface area (TPSA) is 84.0 Å². The zero-order valence-corrected chi connectivity index (χ0v) is 19.1. The first-order chi connectivity index (χ1) is 14.8. The predicted octanol–water partition coefficient (Wildman–Crippen LogP) is 3.51. The zero-order chi connectivity index (χ0) is 22.6. The van der Waals surface area contributed by atoms with Crippen molar-refractivity contribution in [1.82, 2.24) is 4.31 Å². The lowest BCUT2D eigenvalue weighted by Gasteiger charge is -2.29. The minimum absolute atomic E-state index is 0.0520. The van der Waals surface area contributed by atoms with Crippen LogP contribution >= 0.6 is 11.6 Å². The molecule has 2 aromatic carbocycles.